The van der Waals surface area contributed by atoms with Gasteiger partial charge in [0.1, 0.15) is 0 Å². The molecule has 27 heavy (non-hydrogen) atoms. The van der Waals surface area contributed by atoms with Crippen molar-refractivity contribution in [3.05, 3.63) is 46.1 Å². The quantitative estimate of drug-likeness (QED) is 0.534. The van der Waals surface area contributed by atoms with E-state index in [1.165, 1.54) is 28.6 Å². The lowest BCUT2D eigenvalue weighted by atomic mass is 10.2. The van der Waals surface area contributed by atoms with E-state index >= 15 is 0 Å². The van der Waals surface area contributed by atoms with Crippen LogP contribution in [0.5, 0.6) is 0 Å². The van der Waals surface area contributed by atoms with Crippen LogP contribution in [0, 0.1) is 10.1 Å². The number of nitro groups is 1. The minimum atomic E-state index is -3.94. The molecule has 0 N–H and O–H groups in total. The average molecular weight is 395 g/mol. The van der Waals surface area contributed by atoms with Crippen LogP contribution in [0.3, 0.4) is 0 Å². The fourth-order valence-electron chi connectivity index (χ4n) is 3.03. The summed E-state index contributed by atoms with van der Waals surface area (Å²) >= 11 is 0. The molecule has 2 aromatic rings. The monoisotopic (exact) mass is 395 g/mol. The number of para-hydroxylation sites is 1. The highest BCUT2D eigenvalue weighted by molar-refractivity contribution is 7.89. The molecule has 3 rings (SSSR count). The zero-order chi connectivity index (χ0) is 19.6. The Balaban J connectivity index is 1.72. The van der Waals surface area contributed by atoms with E-state index < -0.39 is 20.6 Å². The van der Waals surface area contributed by atoms with Gasteiger partial charge in [-0.25, -0.2) is 8.42 Å². The van der Waals surface area contributed by atoms with Gasteiger partial charge < -0.3 is 4.52 Å². The van der Waals surface area contributed by atoms with Crippen LogP contribution in [-0.4, -0.2) is 58.9 Å². The van der Waals surface area contributed by atoms with Crippen LogP contribution in [0.1, 0.15) is 31.6 Å². The lowest BCUT2D eigenvalue weighted by molar-refractivity contribution is -0.387. The van der Waals surface area contributed by atoms with Gasteiger partial charge in [0, 0.05) is 38.7 Å². The Morgan fingerprint density at radius 3 is 2.52 bits per heavy atom. The molecule has 1 aliphatic rings. The van der Waals surface area contributed by atoms with Gasteiger partial charge in [-0.05, 0) is 13.0 Å². The SMILES string of the molecule is CCc1noc(C(C)N2CCN(S(=O)(=O)c3ccccc3[N+](=O)[O-])CC2)n1. The molecule has 1 unspecified atom stereocenters. The molecule has 1 aromatic carbocycles. The van der Waals surface area contributed by atoms with E-state index in [9.17, 15) is 18.5 Å². The van der Waals surface area contributed by atoms with Crippen molar-refractivity contribution in [1.29, 1.82) is 0 Å². The van der Waals surface area contributed by atoms with E-state index in [0.717, 1.165) is 0 Å². The molecule has 146 valence electrons. The fourth-order valence-corrected chi connectivity index (χ4v) is 4.61. The Labute approximate surface area is 157 Å². The number of hydrogen-bond acceptors (Lipinski definition) is 8. The molecule has 1 aromatic heterocycles. The van der Waals surface area contributed by atoms with Gasteiger partial charge >= 0.3 is 0 Å². The second-order valence-electron chi connectivity index (χ2n) is 6.24. The van der Waals surface area contributed by atoms with Gasteiger partial charge in [0.15, 0.2) is 10.7 Å². The number of rotatable bonds is 6. The molecule has 1 aliphatic heterocycles. The third-order valence-corrected chi connectivity index (χ3v) is 6.60. The zero-order valence-electron chi connectivity index (χ0n) is 15.1. The van der Waals surface area contributed by atoms with Gasteiger partial charge in [-0.2, -0.15) is 9.29 Å². The molecule has 0 aliphatic carbocycles. The molecule has 2 heterocycles. The molecule has 0 spiro atoms. The summed E-state index contributed by atoms with van der Waals surface area (Å²) in [5.74, 6) is 1.14. The molecule has 10 nitrogen and oxygen atoms in total. The van der Waals surface area contributed by atoms with E-state index in [1.54, 1.807) is 0 Å². The third kappa shape index (κ3) is 3.84. The van der Waals surface area contributed by atoms with Crippen molar-refractivity contribution in [2.75, 3.05) is 26.2 Å². The standard InChI is InChI=1S/C16H21N5O5S/c1-3-15-17-16(26-18-15)12(2)19-8-10-20(11-9-19)27(24,25)14-7-5-4-6-13(14)21(22)23/h4-7,12H,3,8-11H2,1-2H3. The van der Waals surface area contributed by atoms with Crippen LogP contribution in [0.2, 0.25) is 0 Å². The number of benzene rings is 1. The third-order valence-electron chi connectivity index (χ3n) is 4.66. The summed E-state index contributed by atoms with van der Waals surface area (Å²) in [6.07, 6.45) is 0.679. The average Bonchev–Trinajstić information content (AvgIpc) is 3.16. The largest absolute Gasteiger partial charge is 0.338 e. The van der Waals surface area contributed by atoms with Gasteiger partial charge in [0.2, 0.25) is 15.9 Å². The predicted molar refractivity (Wildman–Crippen MR) is 95.5 cm³/mol. The summed E-state index contributed by atoms with van der Waals surface area (Å²) < 4.78 is 32.3. The Bertz CT molecular complexity index is 921. The highest BCUT2D eigenvalue weighted by atomic mass is 32.2. The molecule has 1 atom stereocenters. The highest BCUT2D eigenvalue weighted by Crippen LogP contribution is 2.28. The summed E-state index contributed by atoms with van der Waals surface area (Å²) in [5.41, 5.74) is -0.411. The van der Waals surface area contributed by atoms with Crippen molar-refractivity contribution in [3.63, 3.8) is 0 Å². The summed E-state index contributed by atoms with van der Waals surface area (Å²) in [4.78, 5) is 16.6. The van der Waals surface area contributed by atoms with Gasteiger partial charge in [0.05, 0.1) is 11.0 Å². The molecule has 11 heteroatoms. The predicted octanol–water partition coefficient (Wildman–Crippen LogP) is 1.61. The number of nitro benzene ring substituents is 1. The maximum atomic E-state index is 12.9. The number of aryl methyl sites for hydroxylation is 1. The number of piperazine rings is 1. The smallest absolute Gasteiger partial charge is 0.289 e. The minimum Gasteiger partial charge on any atom is -0.338 e. The molecule has 0 amide bonds. The van der Waals surface area contributed by atoms with Crippen LogP contribution in [0.15, 0.2) is 33.7 Å². The van der Waals surface area contributed by atoms with Crippen molar-refractivity contribution < 1.29 is 17.9 Å². The second-order valence-corrected chi connectivity index (χ2v) is 8.15. The summed E-state index contributed by atoms with van der Waals surface area (Å²) in [6, 6.07) is 5.28. The van der Waals surface area contributed by atoms with Gasteiger partial charge in [-0.15, -0.1) is 0 Å². The van der Waals surface area contributed by atoms with E-state index in [4.69, 9.17) is 4.52 Å². The molecular weight excluding hydrogens is 374 g/mol. The Morgan fingerprint density at radius 1 is 1.26 bits per heavy atom. The first-order chi connectivity index (χ1) is 12.8. The van der Waals surface area contributed by atoms with Crippen LogP contribution in [-0.2, 0) is 16.4 Å². The first kappa shape index (κ1) is 19.4. The lowest BCUT2D eigenvalue weighted by Crippen LogP contribution is -2.49. The topological polar surface area (TPSA) is 123 Å². The van der Waals surface area contributed by atoms with Gasteiger partial charge in [0.25, 0.3) is 5.69 Å². The second kappa shape index (κ2) is 7.71. The number of hydrogen-bond donors (Lipinski definition) is 0. The van der Waals surface area contributed by atoms with E-state index in [2.05, 4.69) is 15.0 Å². The van der Waals surface area contributed by atoms with Crippen LogP contribution in [0.25, 0.3) is 0 Å². The van der Waals surface area contributed by atoms with Crippen LogP contribution >= 0.6 is 0 Å². The van der Waals surface area contributed by atoms with Crippen molar-refractivity contribution in [2.24, 2.45) is 0 Å². The van der Waals surface area contributed by atoms with Crippen molar-refractivity contribution >= 4 is 15.7 Å². The Morgan fingerprint density at radius 2 is 1.93 bits per heavy atom. The first-order valence-corrected chi connectivity index (χ1v) is 10.1. The minimum absolute atomic E-state index is 0.131. The van der Waals surface area contributed by atoms with Crippen LogP contribution in [0.4, 0.5) is 5.69 Å². The first-order valence-electron chi connectivity index (χ1n) is 8.64. The molecule has 1 fully saturated rings. The Kier molecular flexibility index (Phi) is 5.53. The molecule has 0 saturated carbocycles. The number of nitrogens with zero attached hydrogens (tertiary/aromatic N) is 5. The Hall–Kier alpha value is -2.37. The van der Waals surface area contributed by atoms with Gasteiger partial charge in [-0.3, -0.25) is 15.0 Å². The zero-order valence-corrected chi connectivity index (χ0v) is 15.9. The van der Waals surface area contributed by atoms with Gasteiger partial charge in [-0.1, -0.05) is 24.2 Å². The van der Waals surface area contributed by atoms with Crippen molar-refractivity contribution in [3.8, 4) is 0 Å². The van der Waals surface area contributed by atoms with Crippen molar-refractivity contribution in [2.45, 2.75) is 31.2 Å². The number of sulfonamides is 1. The van der Waals surface area contributed by atoms with E-state index in [-0.39, 0.29) is 24.0 Å². The van der Waals surface area contributed by atoms with Crippen molar-refractivity contribution in [1.82, 2.24) is 19.3 Å². The summed E-state index contributed by atoms with van der Waals surface area (Å²) in [5, 5.41) is 15.1. The number of aromatic nitrogens is 2. The molecule has 0 bridgehead atoms. The molecule has 0 radical (unpaired) electrons. The van der Waals surface area contributed by atoms with Crippen LogP contribution < -0.4 is 0 Å². The summed E-state index contributed by atoms with van der Waals surface area (Å²) in [7, 11) is -3.94. The molecular formula is C16H21N5O5S. The highest BCUT2D eigenvalue weighted by Gasteiger charge is 2.35. The van der Waals surface area contributed by atoms with E-state index in [0.29, 0.717) is 31.2 Å². The molecule has 1 saturated heterocycles. The maximum Gasteiger partial charge on any atom is 0.289 e. The summed E-state index contributed by atoms with van der Waals surface area (Å²) in [6.45, 7) is 5.25. The lowest BCUT2D eigenvalue weighted by Gasteiger charge is -2.35. The fraction of sp³-hybridized carbons (Fsp3) is 0.500. The normalized spacial score (nSPS) is 17.7. The maximum absolute atomic E-state index is 12.9. The van der Waals surface area contributed by atoms with E-state index in [1.807, 2.05) is 13.8 Å².